The standard InChI is InChI=1S/C17H18F2N4O2/c1-11-20-6-8-23(11)7-2-5-21-17(24)16-10-15(22-25-16)13-9-12(18)3-4-14(13)19/h3-4,6,8-9,16H,2,5,7,10H2,1H3,(H,21,24). The van der Waals surface area contributed by atoms with Crippen LogP contribution in [0.1, 0.15) is 24.2 Å². The highest BCUT2D eigenvalue weighted by molar-refractivity contribution is 6.04. The van der Waals surface area contributed by atoms with Crippen LogP contribution in [0.5, 0.6) is 0 Å². The summed E-state index contributed by atoms with van der Waals surface area (Å²) in [4.78, 5) is 21.3. The number of hydrogen-bond donors (Lipinski definition) is 1. The SMILES string of the molecule is Cc1nccn1CCCNC(=O)C1CC(c2cc(F)ccc2F)=NO1. The predicted octanol–water partition coefficient (Wildman–Crippen LogP) is 2.17. The number of carbonyl (C=O) groups is 1. The summed E-state index contributed by atoms with van der Waals surface area (Å²) in [5.41, 5.74) is 0.247. The van der Waals surface area contributed by atoms with Crippen LogP contribution in [0.3, 0.4) is 0 Å². The van der Waals surface area contributed by atoms with Gasteiger partial charge in [-0.25, -0.2) is 13.8 Å². The lowest BCUT2D eigenvalue weighted by Gasteiger charge is -2.10. The molecule has 1 atom stereocenters. The van der Waals surface area contributed by atoms with E-state index in [-0.39, 0.29) is 23.6 Å². The van der Waals surface area contributed by atoms with E-state index in [0.29, 0.717) is 6.54 Å². The average molecular weight is 348 g/mol. The summed E-state index contributed by atoms with van der Waals surface area (Å²) in [5.74, 6) is -0.569. The second-order valence-electron chi connectivity index (χ2n) is 5.77. The van der Waals surface area contributed by atoms with Gasteiger partial charge >= 0.3 is 0 Å². The Morgan fingerprint density at radius 3 is 3.04 bits per heavy atom. The highest BCUT2D eigenvalue weighted by atomic mass is 19.1. The van der Waals surface area contributed by atoms with Gasteiger partial charge in [0.1, 0.15) is 17.5 Å². The van der Waals surface area contributed by atoms with Crippen molar-refractivity contribution in [2.75, 3.05) is 6.54 Å². The van der Waals surface area contributed by atoms with Crippen molar-refractivity contribution in [3.8, 4) is 0 Å². The van der Waals surface area contributed by atoms with Gasteiger partial charge in [0.25, 0.3) is 5.91 Å². The Morgan fingerprint density at radius 1 is 1.44 bits per heavy atom. The molecule has 0 aliphatic carbocycles. The fraction of sp³-hybridized carbons (Fsp3) is 0.353. The Labute approximate surface area is 143 Å². The normalized spacial score (nSPS) is 16.4. The number of rotatable bonds is 6. The maximum absolute atomic E-state index is 13.8. The van der Waals surface area contributed by atoms with Gasteiger partial charge in [-0.3, -0.25) is 4.79 Å². The minimum Gasteiger partial charge on any atom is -0.382 e. The fourth-order valence-corrected chi connectivity index (χ4v) is 2.61. The molecule has 8 heteroatoms. The number of carbonyl (C=O) groups excluding carboxylic acids is 1. The molecule has 1 unspecified atom stereocenters. The van der Waals surface area contributed by atoms with Gasteiger partial charge in [0.15, 0.2) is 0 Å². The Hall–Kier alpha value is -2.77. The van der Waals surface area contributed by atoms with E-state index in [4.69, 9.17) is 4.84 Å². The van der Waals surface area contributed by atoms with Crippen LogP contribution < -0.4 is 5.32 Å². The summed E-state index contributed by atoms with van der Waals surface area (Å²) < 4.78 is 29.0. The molecule has 0 bridgehead atoms. The van der Waals surface area contributed by atoms with Crippen molar-refractivity contribution < 1.29 is 18.4 Å². The molecular formula is C17H18F2N4O2. The first kappa shape index (κ1) is 17.1. The maximum Gasteiger partial charge on any atom is 0.264 e. The van der Waals surface area contributed by atoms with Gasteiger partial charge in [0.05, 0.1) is 5.71 Å². The Balaban J connectivity index is 1.47. The highest BCUT2D eigenvalue weighted by Crippen LogP contribution is 2.20. The van der Waals surface area contributed by atoms with E-state index in [1.807, 2.05) is 17.7 Å². The smallest absolute Gasteiger partial charge is 0.264 e. The van der Waals surface area contributed by atoms with Gasteiger partial charge in [0, 0.05) is 37.5 Å². The first-order valence-electron chi connectivity index (χ1n) is 7.98. The highest BCUT2D eigenvalue weighted by Gasteiger charge is 2.30. The molecule has 1 amide bonds. The Bertz CT molecular complexity index is 804. The van der Waals surface area contributed by atoms with Crippen molar-refractivity contribution in [2.45, 2.75) is 32.4 Å². The summed E-state index contributed by atoms with van der Waals surface area (Å²) >= 11 is 0. The van der Waals surface area contributed by atoms with Crippen molar-refractivity contribution in [1.82, 2.24) is 14.9 Å². The van der Waals surface area contributed by atoms with Crippen molar-refractivity contribution in [3.05, 3.63) is 53.6 Å². The van der Waals surface area contributed by atoms with Crippen LogP contribution in [0.25, 0.3) is 0 Å². The molecule has 1 aromatic carbocycles. The molecule has 0 saturated heterocycles. The maximum atomic E-state index is 13.8. The van der Waals surface area contributed by atoms with Crippen molar-refractivity contribution >= 4 is 11.6 Å². The number of aromatic nitrogens is 2. The number of nitrogens with one attached hydrogen (secondary N) is 1. The van der Waals surface area contributed by atoms with Gasteiger partial charge in [-0.15, -0.1) is 0 Å². The number of oxime groups is 1. The zero-order valence-corrected chi connectivity index (χ0v) is 13.7. The number of amides is 1. The van der Waals surface area contributed by atoms with Crippen LogP contribution in [0.4, 0.5) is 8.78 Å². The molecule has 2 heterocycles. The molecule has 3 rings (SSSR count). The minimum atomic E-state index is -0.826. The van der Waals surface area contributed by atoms with E-state index in [0.717, 1.165) is 37.0 Å². The van der Waals surface area contributed by atoms with E-state index in [1.165, 1.54) is 0 Å². The Morgan fingerprint density at radius 2 is 2.28 bits per heavy atom. The number of halogens is 2. The predicted molar refractivity (Wildman–Crippen MR) is 87.0 cm³/mol. The molecule has 1 aromatic heterocycles. The lowest BCUT2D eigenvalue weighted by molar-refractivity contribution is -0.131. The number of benzene rings is 1. The number of imidazole rings is 1. The van der Waals surface area contributed by atoms with Crippen molar-refractivity contribution in [1.29, 1.82) is 0 Å². The van der Waals surface area contributed by atoms with E-state index >= 15 is 0 Å². The summed E-state index contributed by atoms with van der Waals surface area (Å²) in [7, 11) is 0. The summed E-state index contributed by atoms with van der Waals surface area (Å²) in [6.45, 7) is 3.13. The summed E-state index contributed by atoms with van der Waals surface area (Å²) in [5, 5.41) is 6.49. The summed E-state index contributed by atoms with van der Waals surface area (Å²) in [6.07, 6.45) is 3.62. The average Bonchev–Trinajstić information content (AvgIpc) is 3.23. The monoisotopic (exact) mass is 348 g/mol. The third kappa shape index (κ3) is 4.01. The Kier molecular flexibility index (Phi) is 5.06. The van der Waals surface area contributed by atoms with E-state index in [2.05, 4.69) is 15.5 Å². The second kappa shape index (κ2) is 7.42. The van der Waals surface area contributed by atoms with Gasteiger partial charge < -0.3 is 14.7 Å². The molecule has 25 heavy (non-hydrogen) atoms. The molecule has 0 radical (unpaired) electrons. The van der Waals surface area contributed by atoms with Crippen molar-refractivity contribution in [2.24, 2.45) is 5.16 Å². The number of aryl methyl sites for hydroxylation is 2. The zero-order valence-electron chi connectivity index (χ0n) is 13.7. The van der Waals surface area contributed by atoms with Crippen LogP contribution in [0.15, 0.2) is 35.7 Å². The van der Waals surface area contributed by atoms with Crippen LogP contribution >= 0.6 is 0 Å². The molecule has 2 aromatic rings. The molecule has 132 valence electrons. The first-order valence-corrected chi connectivity index (χ1v) is 7.98. The molecule has 0 spiro atoms. The van der Waals surface area contributed by atoms with Gasteiger partial charge in [-0.05, 0) is 31.5 Å². The van der Waals surface area contributed by atoms with Crippen LogP contribution in [0, 0.1) is 18.6 Å². The quantitative estimate of drug-likeness (QED) is 0.814. The third-order valence-corrected chi connectivity index (χ3v) is 4.00. The number of nitrogens with zero attached hydrogens (tertiary/aromatic N) is 3. The van der Waals surface area contributed by atoms with Gasteiger partial charge in [-0.2, -0.15) is 0 Å². The minimum absolute atomic E-state index is 0.0193. The molecule has 6 nitrogen and oxygen atoms in total. The van der Waals surface area contributed by atoms with Gasteiger partial charge in [0.2, 0.25) is 6.10 Å². The molecule has 1 N–H and O–H groups in total. The van der Waals surface area contributed by atoms with E-state index in [1.54, 1.807) is 6.20 Å². The second-order valence-corrected chi connectivity index (χ2v) is 5.77. The molecule has 1 aliphatic heterocycles. The number of hydrogen-bond acceptors (Lipinski definition) is 4. The largest absolute Gasteiger partial charge is 0.382 e. The topological polar surface area (TPSA) is 68.5 Å². The lowest BCUT2D eigenvalue weighted by Crippen LogP contribution is -2.35. The molecule has 0 fully saturated rings. The fourth-order valence-electron chi connectivity index (χ4n) is 2.61. The van der Waals surface area contributed by atoms with Gasteiger partial charge in [-0.1, -0.05) is 5.16 Å². The van der Waals surface area contributed by atoms with Crippen LogP contribution in [-0.4, -0.2) is 33.8 Å². The van der Waals surface area contributed by atoms with Crippen LogP contribution in [-0.2, 0) is 16.2 Å². The first-order chi connectivity index (χ1) is 12.0. The molecule has 1 aliphatic rings. The lowest BCUT2D eigenvalue weighted by atomic mass is 10.0. The molecular weight excluding hydrogens is 330 g/mol. The van der Waals surface area contributed by atoms with Crippen molar-refractivity contribution in [3.63, 3.8) is 0 Å². The zero-order chi connectivity index (χ0) is 17.8. The summed E-state index contributed by atoms with van der Waals surface area (Å²) in [6, 6.07) is 3.10. The van der Waals surface area contributed by atoms with E-state index < -0.39 is 17.7 Å². The third-order valence-electron chi connectivity index (χ3n) is 4.00. The molecule has 0 saturated carbocycles. The van der Waals surface area contributed by atoms with Crippen LogP contribution in [0.2, 0.25) is 0 Å². The van der Waals surface area contributed by atoms with E-state index in [9.17, 15) is 13.6 Å².